The Morgan fingerprint density at radius 3 is 1.56 bits per heavy atom. The lowest BCUT2D eigenvalue weighted by Crippen LogP contribution is -2.26. The highest BCUT2D eigenvalue weighted by Crippen LogP contribution is 2.68. The zero-order valence-electron chi connectivity index (χ0n) is 35.5. The SMILES string of the molecule is Oc1ccc([C@@H]2c3c(O)cc(O)cc3[C@H]3c4c(cc(O)cc4[C@@H]2[C@H]2c4cc(O)cc5oc6c7ccc(O)cc7c7c(O)cc(O)c(c7c6c45)[C@H]2c2ccc(O)cc2)O[C@@H]3c2ccc(O)cc2)cc1. The van der Waals surface area contributed by atoms with E-state index in [1.807, 2.05) is 0 Å². The van der Waals surface area contributed by atoms with Gasteiger partial charge in [-0.25, -0.2) is 0 Å². The Hall–Kier alpha value is -8.90. The van der Waals surface area contributed by atoms with Crippen molar-refractivity contribution in [1.82, 2.24) is 0 Å². The van der Waals surface area contributed by atoms with Crippen LogP contribution in [0.4, 0.5) is 0 Å². The van der Waals surface area contributed by atoms with Crippen LogP contribution < -0.4 is 4.74 Å². The Morgan fingerprint density at radius 2 is 0.882 bits per heavy atom. The first-order valence-corrected chi connectivity index (χ1v) is 22.0. The van der Waals surface area contributed by atoms with Crippen LogP contribution in [0.5, 0.6) is 63.2 Å². The van der Waals surface area contributed by atoms with E-state index in [0.717, 1.165) is 0 Å². The summed E-state index contributed by atoms with van der Waals surface area (Å²) in [5.41, 5.74) is 5.44. The molecule has 334 valence electrons. The first-order valence-electron chi connectivity index (χ1n) is 22.0. The van der Waals surface area contributed by atoms with Crippen molar-refractivity contribution in [3.63, 3.8) is 0 Å². The Labute approximate surface area is 384 Å². The van der Waals surface area contributed by atoms with E-state index >= 15 is 0 Å². The lowest BCUT2D eigenvalue weighted by Gasteiger charge is -2.40. The number of aromatic hydroxyl groups is 10. The van der Waals surface area contributed by atoms with Gasteiger partial charge in [-0.1, -0.05) is 36.4 Å². The number of phenols is 10. The maximum Gasteiger partial charge on any atom is 0.143 e. The molecule has 13 rings (SSSR count). The number of benzene rings is 9. The van der Waals surface area contributed by atoms with E-state index in [1.165, 1.54) is 60.7 Å². The molecule has 0 spiro atoms. The van der Waals surface area contributed by atoms with Crippen molar-refractivity contribution in [3.8, 4) is 63.2 Å². The maximum absolute atomic E-state index is 12.6. The minimum absolute atomic E-state index is 0.0222. The molecule has 0 radical (unpaired) electrons. The van der Waals surface area contributed by atoms with Gasteiger partial charge in [0.15, 0.2) is 0 Å². The van der Waals surface area contributed by atoms with Crippen molar-refractivity contribution < 1.29 is 60.2 Å². The molecule has 2 heterocycles. The van der Waals surface area contributed by atoms with E-state index < -0.39 is 35.7 Å². The highest BCUT2D eigenvalue weighted by atomic mass is 16.5. The molecule has 0 saturated heterocycles. The van der Waals surface area contributed by atoms with Crippen LogP contribution in [-0.2, 0) is 0 Å². The van der Waals surface area contributed by atoms with Crippen molar-refractivity contribution in [1.29, 1.82) is 0 Å². The number of hydrogen-bond acceptors (Lipinski definition) is 12. The third kappa shape index (κ3) is 5.42. The minimum Gasteiger partial charge on any atom is -0.508 e. The fourth-order valence-corrected chi connectivity index (χ4v) is 12.2. The fraction of sp³-hybridized carbons (Fsp3) is 0.107. The van der Waals surface area contributed by atoms with Crippen LogP contribution in [-0.4, -0.2) is 51.1 Å². The normalized spacial score (nSPS) is 20.2. The Balaban J connectivity index is 1.25. The summed E-state index contributed by atoms with van der Waals surface area (Å²) in [6.07, 6.45) is -0.817. The molecule has 9 aromatic carbocycles. The van der Waals surface area contributed by atoms with E-state index in [1.54, 1.807) is 72.8 Å². The van der Waals surface area contributed by atoms with Crippen LogP contribution in [0, 0.1) is 0 Å². The highest BCUT2D eigenvalue weighted by Gasteiger charge is 2.52. The molecule has 0 unspecified atom stereocenters. The van der Waals surface area contributed by atoms with Crippen LogP contribution in [0.2, 0.25) is 0 Å². The Kier molecular flexibility index (Phi) is 8.02. The molecule has 10 aromatic rings. The second kappa shape index (κ2) is 13.8. The van der Waals surface area contributed by atoms with Crippen LogP contribution in [0.1, 0.15) is 85.8 Å². The van der Waals surface area contributed by atoms with Gasteiger partial charge in [-0.05, 0) is 106 Å². The second-order valence-corrected chi connectivity index (χ2v) is 18.2. The predicted octanol–water partition coefficient (Wildman–Crippen LogP) is 11.4. The van der Waals surface area contributed by atoms with E-state index in [9.17, 15) is 51.1 Å². The predicted molar refractivity (Wildman–Crippen MR) is 252 cm³/mol. The van der Waals surface area contributed by atoms with Gasteiger partial charge in [-0.2, -0.15) is 0 Å². The van der Waals surface area contributed by atoms with Crippen molar-refractivity contribution in [2.75, 3.05) is 0 Å². The number of furan rings is 1. The summed E-state index contributed by atoms with van der Waals surface area (Å²) in [6, 6.07) is 34.9. The summed E-state index contributed by atoms with van der Waals surface area (Å²) in [5, 5.41) is 118. The average Bonchev–Trinajstić information content (AvgIpc) is 3.80. The molecule has 0 bridgehead atoms. The molecule has 10 N–H and O–H groups in total. The van der Waals surface area contributed by atoms with Crippen molar-refractivity contribution in [3.05, 3.63) is 184 Å². The first kappa shape index (κ1) is 39.5. The summed E-state index contributed by atoms with van der Waals surface area (Å²) in [6.45, 7) is 0. The van der Waals surface area contributed by atoms with Crippen LogP contribution >= 0.6 is 0 Å². The molecule has 12 heteroatoms. The molecule has 0 fully saturated rings. The van der Waals surface area contributed by atoms with Crippen LogP contribution in [0.15, 0.2) is 138 Å². The van der Waals surface area contributed by atoms with Gasteiger partial charge in [0.1, 0.15) is 80.5 Å². The maximum atomic E-state index is 12.6. The van der Waals surface area contributed by atoms with E-state index in [4.69, 9.17) is 9.15 Å². The van der Waals surface area contributed by atoms with Crippen molar-refractivity contribution in [2.45, 2.75) is 35.7 Å². The van der Waals surface area contributed by atoms with Gasteiger partial charge in [0.2, 0.25) is 0 Å². The molecular weight excluding hydrogens is 865 g/mol. The Morgan fingerprint density at radius 1 is 0.338 bits per heavy atom. The van der Waals surface area contributed by atoms with E-state index in [0.29, 0.717) is 93.7 Å². The molecule has 1 aliphatic heterocycles. The molecule has 2 aliphatic carbocycles. The molecule has 3 aliphatic rings. The smallest absolute Gasteiger partial charge is 0.143 e. The van der Waals surface area contributed by atoms with Gasteiger partial charge in [-0.3, -0.25) is 0 Å². The van der Waals surface area contributed by atoms with Gasteiger partial charge in [0.05, 0.1) is 5.92 Å². The van der Waals surface area contributed by atoms with Gasteiger partial charge in [0, 0.05) is 96.9 Å². The summed E-state index contributed by atoms with van der Waals surface area (Å²) >= 11 is 0. The summed E-state index contributed by atoms with van der Waals surface area (Å²) in [4.78, 5) is 0. The lowest BCUT2D eigenvalue weighted by molar-refractivity contribution is 0.221. The zero-order valence-corrected chi connectivity index (χ0v) is 35.5. The minimum atomic E-state index is -0.953. The van der Waals surface area contributed by atoms with Crippen LogP contribution in [0.25, 0.3) is 43.5 Å². The second-order valence-electron chi connectivity index (χ2n) is 18.2. The largest absolute Gasteiger partial charge is 0.508 e. The molecule has 0 saturated carbocycles. The van der Waals surface area contributed by atoms with Crippen molar-refractivity contribution >= 4 is 43.5 Å². The highest BCUT2D eigenvalue weighted by molar-refractivity contribution is 6.33. The third-order valence-corrected chi connectivity index (χ3v) is 14.6. The summed E-state index contributed by atoms with van der Waals surface area (Å²) in [7, 11) is 0. The standard InChI is InChI=1S/C56H38O12/c57-26-7-1-23(2-8-26)43-46-35(16-30(61)19-38(46)64)51-47-36(17-31(62)20-41(47)67-55(51)25-5-11-28(59)12-6-25)49(43)50-37-18-32(63)21-42-48(37)54-53-45(34-15-29(60)13-14-33(34)56(54)68-42)39(65)22-40(66)52(53)44(50)24-3-9-27(58)10-4-24/h1-22,43-44,49-51,55,57-66H/t43-,44+,49+,50+,51+,55-/m1/s1. The number of phenolic OH excluding ortho intramolecular Hbond substituents is 10. The third-order valence-electron chi connectivity index (χ3n) is 14.6. The fourth-order valence-electron chi connectivity index (χ4n) is 12.2. The molecular formula is C56H38O12. The van der Waals surface area contributed by atoms with E-state index in [-0.39, 0.29) is 63.1 Å². The molecule has 1 aromatic heterocycles. The van der Waals surface area contributed by atoms with Crippen LogP contribution in [0.3, 0.4) is 0 Å². The number of hydrogen-bond donors (Lipinski definition) is 10. The molecule has 6 atom stereocenters. The Bertz CT molecular complexity index is 3800. The summed E-state index contributed by atoms with van der Waals surface area (Å²) in [5.74, 6) is -5.64. The van der Waals surface area contributed by atoms with Gasteiger partial charge >= 0.3 is 0 Å². The van der Waals surface area contributed by atoms with Gasteiger partial charge in [0.25, 0.3) is 0 Å². The van der Waals surface area contributed by atoms with E-state index in [2.05, 4.69) is 0 Å². The number of ether oxygens (including phenoxy) is 1. The summed E-state index contributed by atoms with van der Waals surface area (Å²) < 4.78 is 13.6. The monoisotopic (exact) mass is 902 g/mol. The molecule has 0 amide bonds. The van der Waals surface area contributed by atoms with Crippen molar-refractivity contribution in [2.24, 2.45) is 0 Å². The topological polar surface area (TPSA) is 225 Å². The number of fused-ring (bicyclic) bond motifs is 5. The quantitative estimate of drug-likeness (QED) is 0.0745. The zero-order chi connectivity index (χ0) is 46.6. The van der Waals surface area contributed by atoms with Gasteiger partial charge < -0.3 is 60.2 Å². The number of rotatable bonds is 4. The molecule has 68 heavy (non-hydrogen) atoms. The lowest BCUT2D eigenvalue weighted by atomic mass is 9.62. The average molecular weight is 903 g/mol. The van der Waals surface area contributed by atoms with Gasteiger partial charge in [-0.15, -0.1) is 0 Å². The first-order chi connectivity index (χ1) is 32.8. The molecule has 12 nitrogen and oxygen atoms in total.